The van der Waals surface area contributed by atoms with E-state index in [0.29, 0.717) is 0 Å². The minimum Gasteiger partial charge on any atom is -1.00 e. The maximum Gasteiger partial charge on any atom is 2.00 e. The quantitative estimate of drug-likeness (QED) is 0.220. The molecule has 0 aromatic rings. The van der Waals surface area contributed by atoms with Gasteiger partial charge in [-0.2, -0.15) is 0 Å². The van der Waals surface area contributed by atoms with Crippen molar-refractivity contribution in [2.24, 2.45) is 0 Å². The van der Waals surface area contributed by atoms with Crippen molar-refractivity contribution >= 4 is 93.0 Å². The van der Waals surface area contributed by atoms with E-state index in [9.17, 15) is 0 Å². The molecule has 33 heavy (non-hydrogen) atoms. The van der Waals surface area contributed by atoms with Crippen molar-refractivity contribution in [3.8, 4) is 0 Å². The van der Waals surface area contributed by atoms with Gasteiger partial charge in [0.15, 0.2) is 0 Å². The summed E-state index contributed by atoms with van der Waals surface area (Å²) < 4.78 is 0. The summed E-state index contributed by atoms with van der Waals surface area (Å²) in [5.41, 5.74) is 0. The number of hydrogen-bond donors (Lipinski definition) is 0. The molecule has 0 amide bonds. The van der Waals surface area contributed by atoms with Crippen molar-refractivity contribution in [3.05, 3.63) is 0 Å². The topological polar surface area (TPSA) is 161 Å². The van der Waals surface area contributed by atoms with Gasteiger partial charge < -0.3 is 139 Å². The molecule has 0 bridgehead atoms. The van der Waals surface area contributed by atoms with E-state index >= 15 is 0 Å². The first-order chi connectivity index (χ1) is 6.93. The first-order valence-corrected chi connectivity index (χ1v) is 3.63. The zero-order valence-corrected chi connectivity index (χ0v) is 46.1. The Labute approximate surface area is 488 Å². The number of carbonyl (C=O) groups excluding carboxylic acids is 4. The van der Waals surface area contributed by atoms with Crippen molar-refractivity contribution in [2.45, 2.75) is 27.7 Å². The van der Waals surface area contributed by atoms with E-state index in [1.807, 2.05) is 0 Å². The second kappa shape index (κ2) is 145. The molecule has 0 heterocycles. The number of carboxylic acids is 4. The molecule has 0 unspecified atom stereocenters. The van der Waals surface area contributed by atoms with E-state index in [1.165, 1.54) is 0 Å². The first kappa shape index (κ1) is 155. The Morgan fingerprint density at radius 3 is 0.364 bits per heavy atom. The van der Waals surface area contributed by atoms with Crippen molar-refractivity contribution in [1.29, 1.82) is 0 Å². The third-order valence-corrected chi connectivity index (χ3v) is 0. The summed E-state index contributed by atoms with van der Waals surface area (Å²) in [7, 11) is 0. The molecule has 0 radical (unpaired) electrons. The summed E-state index contributed by atoms with van der Waals surface area (Å²) in [6.45, 7) is 3.89. The molecule has 0 aliphatic carbocycles. The third kappa shape index (κ3) is 639. The zero-order chi connectivity index (χ0) is 14.3. The van der Waals surface area contributed by atoms with Crippen LogP contribution in [0.25, 0.3) is 0 Å². The predicted octanol–water partition coefficient (Wildman–Crippen LogP) is -48.1. The number of carbonyl (C=O) groups is 4. The Bertz CT molecular complexity index is 220. The van der Waals surface area contributed by atoms with E-state index in [2.05, 4.69) is 0 Å². The fraction of sp³-hybridized carbons (Fsp3) is 0.500. The average Bonchev–Trinajstić information content (AvgIpc) is 1.76. The zero-order valence-electron chi connectivity index (χ0n) is 20.4. The molecular weight excluding hydrogens is 767 g/mol. The van der Waals surface area contributed by atoms with Gasteiger partial charge in [-0.3, -0.25) is 0 Å². The number of aliphatic carboxylic acids is 4. The van der Waals surface area contributed by atoms with Crippen LogP contribution in [0.5, 0.6) is 0 Å². The monoisotopic (exact) mass is 774 g/mol. The summed E-state index contributed by atoms with van der Waals surface area (Å²) in [6, 6.07) is 0. The van der Waals surface area contributed by atoms with Gasteiger partial charge in [0.1, 0.15) is 0 Å². The summed E-state index contributed by atoms with van der Waals surface area (Å²) >= 11 is 0. The maximum atomic E-state index is 8.89. The maximum absolute atomic E-state index is 8.89. The van der Waals surface area contributed by atoms with Crippen LogP contribution in [0.15, 0.2) is 0 Å². The van der Waals surface area contributed by atoms with E-state index in [1.54, 1.807) is 0 Å². The van der Waals surface area contributed by atoms with Crippen LogP contribution >= 0.6 is 0 Å². The van der Waals surface area contributed by atoms with Crippen LogP contribution in [0.2, 0.25) is 0 Å². The van der Waals surface area contributed by atoms with E-state index in [0.717, 1.165) is 27.7 Å². The molecule has 0 saturated carbocycles. The molecule has 0 fully saturated rings. The molecular formula is C8H12Cl8K3Mg3Na3O8. The number of rotatable bonds is 0. The van der Waals surface area contributed by atoms with Crippen LogP contribution < -0.4 is 363 Å². The standard InChI is InChI=1S/4C2H4O2.8ClH.3K.3Mg.3Na/c4*1-2(3)4;;;;;;;;;;;;;;;;;/h4*1H3,(H,3,4);8*1H;;;;;;;;;/q;;;;;;;;;;;;3*+1;3*+2;3*+1/p-12. The second-order valence-electron chi connectivity index (χ2n) is 1.97. The Hall–Kier alpha value is 10.4. The summed E-state index contributed by atoms with van der Waals surface area (Å²) in [5, 5.41) is 35.6. The number of carboxylic acid groups (broad SMARTS) is 4. The second-order valence-corrected chi connectivity index (χ2v) is 1.97. The number of hydrogen-bond acceptors (Lipinski definition) is 8. The SMILES string of the molecule is CC(=O)[O-].CC(=O)[O-].CC(=O)[O-].CC(=O)[O-].[Cl-].[Cl-].[Cl-].[Cl-].[Cl-].[Cl-].[Cl-].[Cl-].[K+].[K+].[K+].[Mg+2].[Mg+2].[Mg+2].[Na+].[Na+].[Na+]. The minimum atomic E-state index is -1.08. The van der Waals surface area contributed by atoms with Gasteiger partial charge in [0.05, 0.1) is 0 Å². The van der Waals surface area contributed by atoms with Crippen molar-refractivity contribution in [3.63, 3.8) is 0 Å². The van der Waals surface area contributed by atoms with Crippen LogP contribution in [0.1, 0.15) is 27.7 Å². The third-order valence-electron chi connectivity index (χ3n) is 0. The summed E-state index contributed by atoms with van der Waals surface area (Å²) in [4.78, 5) is 35.6. The Morgan fingerprint density at radius 2 is 0.364 bits per heavy atom. The first-order valence-electron chi connectivity index (χ1n) is 3.63. The van der Waals surface area contributed by atoms with E-state index in [4.69, 9.17) is 39.6 Å². The van der Waals surface area contributed by atoms with E-state index < -0.39 is 23.9 Å². The van der Waals surface area contributed by atoms with Gasteiger partial charge in [0, 0.05) is 23.9 Å². The molecule has 0 aromatic carbocycles. The summed E-state index contributed by atoms with van der Waals surface area (Å²) in [5.74, 6) is -4.33. The van der Waals surface area contributed by atoms with Crippen molar-refractivity contribution < 1.29 is 382 Å². The van der Waals surface area contributed by atoms with E-state index in [-0.39, 0.29) is 411 Å². The van der Waals surface area contributed by atoms with Gasteiger partial charge in [-0.05, 0) is 27.7 Å². The molecule has 25 heteroatoms. The molecule has 0 aliphatic rings. The molecule has 0 aromatic heterocycles. The van der Waals surface area contributed by atoms with Gasteiger partial charge in [-0.1, -0.05) is 0 Å². The van der Waals surface area contributed by atoms with Crippen molar-refractivity contribution in [2.75, 3.05) is 0 Å². The fourth-order valence-electron chi connectivity index (χ4n) is 0. The van der Waals surface area contributed by atoms with Crippen molar-refractivity contribution in [1.82, 2.24) is 0 Å². The van der Waals surface area contributed by atoms with Gasteiger partial charge in [-0.15, -0.1) is 0 Å². The Kier molecular flexibility index (Phi) is 682. The van der Waals surface area contributed by atoms with Gasteiger partial charge >= 0.3 is 312 Å². The molecule has 0 N–H and O–H groups in total. The molecule has 0 spiro atoms. The van der Waals surface area contributed by atoms with Crippen LogP contribution in [-0.2, 0) is 19.2 Å². The normalized spacial score (nSPS) is 3.03. The van der Waals surface area contributed by atoms with Crippen LogP contribution in [0.3, 0.4) is 0 Å². The van der Waals surface area contributed by atoms with Crippen LogP contribution in [0, 0.1) is 0 Å². The minimum absolute atomic E-state index is 0. The molecule has 0 aliphatic heterocycles. The van der Waals surface area contributed by atoms with Gasteiger partial charge in [-0.25, -0.2) is 0 Å². The number of halogens is 8. The van der Waals surface area contributed by atoms with Gasteiger partial charge in [0.2, 0.25) is 0 Å². The Balaban J connectivity index is -0.00000000261. The predicted molar refractivity (Wildman–Crippen MR) is 60.0 cm³/mol. The Morgan fingerprint density at radius 1 is 0.364 bits per heavy atom. The van der Waals surface area contributed by atoms with Gasteiger partial charge in [0.25, 0.3) is 0 Å². The summed E-state index contributed by atoms with van der Waals surface area (Å²) in [6.07, 6.45) is 0. The average molecular weight is 779 g/mol. The smallest absolute Gasteiger partial charge is 1.00 e. The molecule has 0 rings (SSSR count). The fourth-order valence-corrected chi connectivity index (χ4v) is 0. The van der Waals surface area contributed by atoms with Crippen LogP contribution in [-0.4, -0.2) is 93.0 Å². The molecule has 0 saturated heterocycles. The molecule has 160 valence electrons. The largest absolute Gasteiger partial charge is 2.00 e. The molecule has 0 atom stereocenters. The molecule has 8 nitrogen and oxygen atoms in total. The van der Waals surface area contributed by atoms with Crippen LogP contribution in [0.4, 0.5) is 0 Å².